The van der Waals surface area contributed by atoms with Crippen LogP contribution >= 0.6 is 0 Å². The molecule has 0 saturated heterocycles. The highest BCUT2D eigenvalue weighted by molar-refractivity contribution is 5.87. The van der Waals surface area contributed by atoms with Crippen LogP contribution in [0.15, 0.2) is 79.1 Å². The van der Waals surface area contributed by atoms with Crippen LogP contribution in [0.3, 0.4) is 0 Å². The zero-order valence-electron chi connectivity index (χ0n) is 18.2. The smallest absolute Gasteiger partial charge is 0.232 e. The van der Waals surface area contributed by atoms with Gasteiger partial charge in [0.1, 0.15) is 12.1 Å². The molecule has 2 aromatic carbocycles. The van der Waals surface area contributed by atoms with E-state index in [1.165, 1.54) is 6.33 Å². The van der Waals surface area contributed by atoms with Crippen LogP contribution in [0.25, 0.3) is 5.82 Å². The zero-order valence-corrected chi connectivity index (χ0v) is 18.2. The van der Waals surface area contributed by atoms with Crippen molar-refractivity contribution in [3.8, 4) is 5.82 Å². The second-order valence-electron chi connectivity index (χ2n) is 7.57. The number of carbonyl (C=O) groups excluding carboxylic acids is 1. The molecule has 0 bridgehead atoms. The largest absolute Gasteiger partial charge is 0.368 e. The lowest BCUT2D eigenvalue weighted by Crippen LogP contribution is -2.33. The second kappa shape index (κ2) is 9.87. The molecule has 0 radical (unpaired) electrons. The molecule has 0 unspecified atom stereocenters. The summed E-state index contributed by atoms with van der Waals surface area (Å²) in [6.45, 7) is 4.94. The molecular formula is C25H26N6O. The maximum absolute atomic E-state index is 13.1. The Morgan fingerprint density at radius 1 is 0.906 bits per heavy atom. The Kier molecular flexibility index (Phi) is 6.55. The average molecular weight is 427 g/mol. The lowest BCUT2D eigenvalue weighted by atomic mass is 9.90. The van der Waals surface area contributed by atoms with E-state index in [4.69, 9.17) is 0 Å². The van der Waals surface area contributed by atoms with Gasteiger partial charge in [0, 0.05) is 24.8 Å². The Morgan fingerprint density at radius 3 is 2.16 bits per heavy atom. The molecule has 7 nitrogen and oxygen atoms in total. The fraction of sp³-hybridized carbons (Fsp3) is 0.200. The first-order valence-corrected chi connectivity index (χ1v) is 10.6. The zero-order chi connectivity index (χ0) is 22.3. The van der Waals surface area contributed by atoms with Gasteiger partial charge in [-0.15, -0.1) is 0 Å². The number of hydrogen-bond donors (Lipinski definition) is 2. The summed E-state index contributed by atoms with van der Waals surface area (Å²) >= 11 is 0. The quantitative estimate of drug-likeness (QED) is 0.420. The van der Waals surface area contributed by atoms with E-state index in [-0.39, 0.29) is 11.8 Å². The molecule has 0 aliphatic heterocycles. The van der Waals surface area contributed by atoms with Gasteiger partial charge < -0.3 is 10.6 Å². The topological polar surface area (TPSA) is 84.7 Å². The van der Waals surface area contributed by atoms with E-state index in [1.54, 1.807) is 4.68 Å². The van der Waals surface area contributed by atoms with E-state index in [0.717, 1.165) is 22.5 Å². The van der Waals surface area contributed by atoms with Crippen molar-refractivity contribution in [1.82, 2.24) is 25.1 Å². The molecule has 0 atom stereocenters. The number of hydrogen-bond acceptors (Lipinski definition) is 5. The lowest BCUT2D eigenvalue weighted by Gasteiger charge is -2.18. The van der Waals surface area contributed by atoms with Crippen LogP contribution in [-0.2, 0) is 4.79 Å². The normalized spacial score (nSPS) is 10.8. The molecule has 32 heavy (non-hydrogen) atoms. The molecule has 2 aromatic heterocycles. The van der Waals surface area contributed by atoms with E-state index < -0.39 is 0 Å². The Bertz CT molecular complexity index is 1130. The Labute approximate surface area is 187 Å². The number of anilines is 1. The van der Waals surface area contributed by atoms with E-state index in [0.29, 0.717) is 24.7 Å². The Hall–Kier alpha value is -4.00. The summed E-state index contributed by atoms with van der Waals surface area (Å²) in [4.78, 5) is 21.6. The van der Waals surface area contributed by atoms with Crippen LogP contribution in [0.4, 0.5) is 5.82 Å². The molecular weight excluding hydrogens is 400 g/mol. The van der Waals surface area contributed by atoms with Crippen molar-refractivity contribution in [2.75, 3.05) is 18.4 Å². The number of nitrogens with one attached hydrogen (secondary N) is 2. The van der Waals surface area contributed by atoms with Gasteiger partial charge in [-0.3, -0.25) is 4.79 Å². The number of rotatable bonds is 8. The van der Waals surface area contributed by atoms with Gasteiger partial charge in [-0.2, -0.15) is 5.10 Å². The van der Waals surface area contributed by atoms with Crippen LogP contribution in [0.2, 0.25) is 0 Å². The lowest BCUT2D eigenvalue weighted by molar-refractivity contribution is -0.121. The predicted molar refractivity (Wildman–Crippen MR) is 125 cm³/mol. The number of aryl methyl sites for hydroxylation is 2. The fourth-order valence-corrected chi connectivity index (χ4v) is 3.68. The van der Waals surface area contributed by atoms with Gasteiger partial charge in [-0.25, -0.2) is 14.6 Å². The summed E-state index contributed by atoms with van der Waals surface area (Å²) in [5.74, 6) is 0.995. The summed E-state index contributed by atoms with van der Waals surface area (Å²) < 4.78 is 1.79. The van der Waals surface area contributed by atoms with E-state index >= 15 is 0 Å². The third-order valence-corrected chi connectivity index (χ3v) is 5.14. The first-order valence-electron chi connectivity index (χ1n) is 10.6. The first-order chi connectivity index (χ1) is 15.6. The maximum atomic E-state index is 13.1. The molecule has 0 aliphatic carbocycles. The minimum atomic E-state index is -0.353. The van der Waals surface area contributed by atoms with Gasteiger partial charge >= 0.3 is 0 Å². The van der Waals surface area contributed by atoms with Crippen molar-refractivity contribution in [1.29, 1.82) is 0 Å². The second-order valence-corrected chi connectivity index (χ2v) is 7.57. The molecule has 2 N–H and O–H groups in total. The van der Waals surface area contributed by atoms with Crippen molar-refractivity contribution in [3.63, 3.8) is 0 Å². The van der Waals surface area contributed by atoms with Gasteiger partial charge in [0.05, 0.1) is 11.6 Å². The summed E-state index contributed by atoms with van der Waals surface area (Å²) in [6, 6.07) is 23.5. The molecule has 0 saturated carbocycles. The molecule has 4 aromatic rings. The van der Waals surface area contributed by atoms with Crippen molar-refractivity contribution in [2.24, 2.45) is 0 Å². The van der Waals surface area contributed by atoms with Crippen molar-refractivity contribution < 1.29 is 4.79 Å². The van der Waals surface area contributed by atoms with Crippen molar-refractivity contribution >= 4 is 11.7 Å². The maximum Gasteiger partial charge on any atom is 0.232 e. The van der Waals surface area contributed by atoms with Crippen LogP contribution in [0, 0.1) is 13.8 Å². The number of benzene rings is 2. The van der Waals surface area contributed by atoms with Crippen molar-refractivity contribution in [2.45, 2.75) is 19.8 Å². The van der Waals surface area contributed by atoms with Crippen LogP contribution in [-0.4, -0.2) is 38.7 Å². The number of nitrogens with zero attached hydrogens (tertiary/aromatic N) is 4. The van der Waals surface area contributed by atoms with Gasteiger partial charge in [-0.1, -0.05) is 60.7 Å². The van der Waals surface area contributed by atoms with E-state index in [2.05, 4.69) is 25.7 Å². The standard InChI is InChI=1S/C25H26N6O/c1-18-15-19(2)31(30-18)23-16-22(28-17-29-23)26-13-14-27-25(32)24(20-9-5-3-6-10-20)21-11-7-4-8-12-21/h3-12,15-17,24H,13-14H2,1-2H3,(H,27,32)(H,26,28,29). The van der Waals surface area contributed by atoms with Crippen LogP contribution in [0.5, 0.6) is 0 Å². The summed E-state index contributed by atoms with van der Waals surface area (Å²) in [6.07, 6.45) is 1.51. The third kappa shape index (κ3) is 5.00. The van der Waals surface area contributed by atoms with Gasteiger partial charge in [-0.05, 0) is 31.0 Å². The van der Waals surface area contributed by atoms with Crippen LogP contribution < -0.4 is 10.6 Å². The van der Waals surface area contributed by atoms with Gasteiger partial charge in [0.2, 0.25) is 5.91 Å². The molecule has 4 rings (SSSR count). The molecule has 0 spiro atoms. The third-order valence-electron chi connectivity index (χ3n) is 5.14. The molecule has 2 heterocycles. The molecule has 0 aliphatic rings. The fourth-order valence-electron chi connectivity index (χ4n) is 3.68. The predicted octanol–water partition coefficient (Wildman–Crippen LogP) is 3.64. The number of aromatic nitrogens is 4. The molecule has 0 fully saturated rings. The highest BCUT2D eigenvalue weighted by atomic mass is 16.1. The summed E-state index contributed by atoms with van der Waals surface area (Å²) in [7, 11) is 0. The van der Waals surface area contributed by atoms with Crippen molar-refractivity contribution in [3.05, 3.63) is 102 Å². The van der Waals surface area contributed by atoms with E-state index in [9.17, 15) is 4.79 Å². The minimum Gasteiger partial charge on any atom is -0.368 e. The molecule has 162 valence electrons. The highest BCUT2D eigenvalue weighted by Gasteiger charge is 2.21. The molecule has 7 heteroatoms. The molecule has 1 amide bonds. The number of amides is 1. The van der Waals surface area contributed by atoms with Crippen LogP contribution in [0.1, 0.15) is 28.4 Å². The van der Waals surface area contributed by atoms with Gasteiger partial charge in [0.25, 0.3) is 0 Å². The minimum absolute atomic E-state index is 0.0322. The first kappa shape index (κ1) is 21.2. The highest BCUT2D eigenvalue weighted by Crippen LogP contribution is 2.24. The Morgan fingerprint density at radius 2 is 1.56 bits per heavy atom. The number of carbonyl (C=O) groups is 1. The average Bonchev–Trinajstić information content (AvgIpc) is 3.16. The Balaban J connectivity index is 1.38. The monoisotopic (exact) mass is 426 g/mol. The van der Waals surface area contributed by atoms with E-state index in [1.807, 2.05) is 86.6 Å². The summed E-state index contributed by atoms with van der Waals surface area (Å²) in [5, 5.41) is 10.8. The summed E-state index contributed by atoms with van der Waals surface area (Å²) in [5.41, 5.74) is 3.88. The van der Waals surface area contributed by atoms with Gasteiger partial charge in [0.15, 0.2) is 5.82 Å². The SMILES string of the molecule is Cc1cc(C)n(-c2cc(NCCNC(=O)C(c3ccccc3)c3ccccc3)ncn2)n1.